The van der Waals surface area contributed by atoms with Crippen molar-refractivity contribution in [1.82, 2.24) is 4.98 Å². The lowest BCUT2D eigenvalue weighted by Crippen LogP contribution is -2.32. The number of hydrogen-bond donors (Lipinski definition) is 0. The van der Waals surface area contributed by atoms with Crippen molar-refractivity contribution in [3.8, 4) is 0 Å². The van der Waals surface area contributed by atoms with Gasteiger partial charge in [-0.3, -0.25) is 9.59 Å². The van der Waals surface area contributed by atoms with Crippen LogP contribution in [-0.2, 0) is 20.7 Å². The maximum Gasteiger partial charge on any atom is 0.341 e. The van der Waals surface area contributed by atoms with Crippen LogP contribution in [0.1, 0.15) is 45.9 Å². The number of amides is 2. The fourth-order valence-electron chi connectivity index (χ4n) is 2.81. The quantitative estimate of drug-likeness (QED) is 0.478. The van der Waals surface area contributed by atoms with Crippen LogP contribution in [0.15, 0.2) is 29.4 Å². The predicted octanol–water partition coefficient (Wildman–Crippen LogP) is 1.67. The SMILES string of the molecule is CCOC(=O)c1cc(CC)sc1N1C(=O)C[C@H](Sc2ncccc2C(=O)[O-])C1=O. The number of carbonyl (C=O) groups excluding carboxylic acids is 4. The van der Waals surface area contributed by atoms with E-state index in [-0.39, 0.29) is 34.2 Å². The minimum atomic E-state index is -1.41. The molecule has 1 fully saturated rings. The number of ether oxygens (including phenoxy) is 1. The molecular weight excluding hydrogens is 416 g/mol. The molecule has 8 nitrogen and oxygen atoms in total. The number of carbonyl (C=O) groups is 4. The molecule has 3 rings (SSSR count). The number of pyridine rings is 1. The number of thioether (sulfide) groups is 1. The molecule has 1 saturated heterocycles. The van der Waals surface area contributed by atoms with E-state index in [2.05, 4.69) is 4.98 Å². The van der Waals surface area contributed by atoms with Gasteiger partial charge in [-0.2, -0.15) is 0 Å². The largest absolute Gasteiger partial charge is 0.545 e. The zero-order chi connectivity index (χ0) is 21.1. The number of aromatic nitrogens is 1. The predicted molar refractivity (Wildman–Crippen MR) is 105 cm³/mol. The summed E-state index contributed by atoms with van der Waals surface area (Å²) in [4.78, 5) is 55.0. The molecule has 1 aliphatic heterocycles. The van der Waals surface area contributed by atoms with Gasteiger partial charge in [0.05, 0.1) is 23.4 Å². The number of nitrogens with zero attached hydrogens (tertiary/aromatic N) is 2. The van der Waals surface area contributed by atoms with Gasteiger partial charge in [-0.25, -0.2) is 14.7 Å². The summed E-state index contributed by atoms with van der Waals surface area (Å²) in [5.41, 5.74) is 0.0297. The fourth-order valence-corrected chi connectivity index (χ4v) is 5.02. The van der Waals surface area contributed by atoms with Crippen LogP contribution in [0.5, 0.6) is 0 Å². The number of carboxylic acid groups (broad SMARTS) is 1. The molecular formula is C19H17N2O6S2-. The van der Waals surface area contributed by atoms with Crippen molar-refractivity contribution in [3.05, 3.63) is 40.4 Å². The van der Waals surface area contributed by atoms with Gasteiger partial charge in [0.2, 0.25) is 11.8 Å². The Morgan fingerprint density at radius 1 is 1.34 bits per heavy atom. The van der Waals surface area contributed by atoms with Crippen molar-refractivity contribution >= 4 is 51.9 Å². The van der Waals surface area contributed by atoms with Gasteiger partial charge < -0.3 is 14.6 Å². The molecule has 3 heterocycles. The molecule has 0 bridgehead atoms. The Bertz CT molecular complexity index is 987. The van der Waals surface area contributed by atoms with E-state index in [9.17, 15) is 24.3 Å². The minimum absolute atomic E-state index is 0.103. The van der Waals surface area contributed by atoms with Crippen molar-refractivity contribution in [2.45, 2.75) is 37.0 Å². The standard InChI is InChI=1S/C19H18N2O6S2/c1-3-10-8-12(19(26)27-4-2)17(28-10)21-14(22)9-13(16(21)23)29-15-11(18(24)25)6-5-7-20-15/h5-8,13H,3-4,9H2,1-2H3,(H,24,25)/p-1/t13-/m0/s1. The van der Waals surface area contributed by atoms with Crippen molar-refractivity contribution in [1.29, 1.82) is 0 Å². The average molecular weight is 433 g/mol. The molecule has 1 aliphatic rings. The maximum absolute atomic E-state index is 13.0. The van der Waals surface area contributed by atoms with Crippen molar-refractivity contribution in [2.75, 3.05) is 11.5 Å². The molecule has 2 aromatic heterocycles. The monoisotopic (exact) mass is 433 g/mol. The number of hydrogen-bond acceptors (Lipinski definition) is 9. The van der Waals surface area contributed by atoms with Crippen LogP contribution in [0.3, 0.4) is 0 Å². The normalized spacial score (nSPS) is 16.3. The molecule has 0 radical (unpaired) electrons. The molecule has 2 amide bonds. The zero-order valence-corrected chi connectivity index (χ0v) is 17.3. The van der Waals surface area contributed by atoms with E-state index in [0.29, 0.717) is 6.42 Å². The molecule has 1 atom stereocenters. The number of anilines is 1. The van der Waals surface area contributed by atoms with Gasteiger partial charge in [0.1, 0.15) is 10.0 Å². The number of esters is 1. The van der Waals surface area contributed by atoms with Crippen LogP contribution in [0.2, 0.25) is 0 Å². The number of rotatable bonds is 7. The maximum atomic E-state index is 13.0. The van der Waals surface area contributed by atoms with Gasteiger partial charge in [0.25, 0.3) is 0 Å². The number of imide groups is 1. The fraction of sp³-hybridized carbons (Fsp3) is 0.316. The first-order valence-electron chi connectivity index (χ1n) is 8.87. The molecule has 152 valence electrons. The summed E-state index contributed by atoms with van der Waals surface area (Å²) in [5, 5.41) is 10.8. The van der Waals surface area contributed by atoms with E-state index >= 15 is 0 Å². The summed E-state index contributed by atoms with van der Waals surface area (Å²) in [6.45, 7) is 3.74. The van der Waals surface area contributed by atoms with Crippen LogP contribution < -0.4 is 10.0 Å². The Hall–Kier alpha value is -2.72. The molecule has 0 spiro atoms. The van der Waals surface area contributed by atoms with Crippen LogP contribution in [0.25, 0.3) is 0 Å². The van der Waals surface area contributed by atoms with Crippen LogP contribution in [0, 0.1) is 0 Å². The lowest BCUT2D eigenvalue weighted by Gasteiger charge is -2.15. The molecule has 0 aliphatic carbocycles. The van der Waals surface area contributed by atoms with Gasteiger partial charge >= 0.3 is 5.97 Å². The first-order valence-corrected chi connectivity index (χ1v) is 10.6. The summed E-state index contributed by atoms with van der Waals surface area (Å²) in [6, 6.07) is 4.41. The Morgan fingerprint density at radius 3 is 2.76 bits per heavy atom. The van der Waals surface area contributed by atoms with E-state index in [4.69, 9.17) is 4.74 Å². The number of aryl methyl sites for hydroxylation is 1. The van der Waals surface area contributed by atoms with Gasteiger partial charge in [-0.05, 0) is 31.5 Å². The van der Waals surface area contributed by atoms with E-state index in [1.165, 1.54) is 29.7 Å². The Labute approximate surface area is 174 Å². The molecule has 29 heavy (non-hydrogen) atoms. The topological polar surface area (TPSA) is 117 Å². The highest BCUT2D eigenvalue weighted by molar-refractivity contribution is 8.00. The van der Waals surface area contributed by atoms with E-state index in [0.717, 1.165) is 21.5 Å². The third-order valence-corrected chi connectivity index (χ3v) is 6.63. The Balaban J connectivity index is 1.91. The molecule has 10 heteroatoms. The van der Waals surface area contributed by atoms with Gasteiger partial charge in [-0.1, -0.05) is 18.7 Å². The van der Waals surface area contributed by atoms with Gasteiger partial charge in [0, 0.05) is 23.1 Å². The zero-order valence-electron chi connectivity index (χ0n) is 15.7. The summed E-state index contributed by atoms with van der Waals surface area (Å²) < 4.78 is 5.05. The van der Waals surface area contributed by atoms with E-state index in [1.807, 2.05) is 6.92 Å². The number of thiophene rings is 1. The third-order valence-electron chi connectivity index (χ3n) is 4.16. The van der Waals surface area contributed by atoms with E-state index in [1.54, 1.807) is 13.0 Å². The lowest BCUT2D eigenvalue weighted by atomic mass is 10.2. The summed E-state index contributed by atoms with van der Waals surface area (Å²) in [6.07, 6.45) is 1.90. The van der Waals surface area contributed by atoms with Crippen molar-refractivity contribution in [3.63, 3.8) is 0 Å². The lowest BCUT2D eigenvalue weighted by molar-refractivity contribution is -0.255. The van der Waals surface area contributed by atoms with Crippen LogP contribution in [0.4, 0.5) is 5.00 Å². The number of aromatic carboxylic acids is 1. The smallest absolute Gasteiger partial charge is 0.341 e. The first kappa shape index (κ1) is 21.0. The highest BCUT2D eigenvalue weighted by Crippen LogP contribution is 2.39. The van der Waals surface area contributed by atoms with Crippen LogP contribution >= 0.6 is 23.1 Å². The number of carboxylic acids is 1. The molecule has 0 N–H and O–H groups in total. The highest BCUT2D eigenvalue weighted by Gasteiger charge is 2.43. The minimum Gasteiger partial charge on any atom is -0.545 e. The van der Waals surface area contributed by atoms with E-state index < -0.39 is 29.0 Å². The Kier molecular flexibility index (Phi) is 6.33. The molecule has 0 aromatic carbocycles. The summed E-state index contributed by atoms with van der Waals surface area (Å²) >= 11 is 2.09. The summed E-state index contributed by atoms with van der Waals surface area (Å²) in [7, 11) is 0. The average Bonchev–Trinajstić information content (AvgIpc) is 3.23. The second-order valence-electron chi connectivity index (χ2n) is 6.03. The van der Waals surface area contributed by atoms with Crippen molar-refractivity contribution < 1.29 is 29.0 Å². The second-order valence-corrected chi connectivity index (χ2v) is 8.33. The summed E-state index contributed by atoms with van der Waals surface area (Å²) in [5.74, 6) is -3.00. The Morgan fingerprint density at radius 2 is 2.10 bits per heavy atom. The van der Waals surface area contributed by atoms with Gasteiger partial charge in [0.15, 0.2) is 0 Å². The third kappa shape index (κ3) is 4.18. The molecule has 0 unspecified atom stereocenters. The first-order chi connectivity index (χ1) is 13.9. The second kappa shape index (κ2) is 8.75. The van der Waals surface area contributed by atoms with Crippen LogP contribution in [-0.4, -0.2) is 40.6 Å². The molecule has 0 saturated carbocycles. The van der Waals surface area contributed by atoms with Crippen molar-refractivity contribution in [2.24, 2.45) is 0 Å². The highest BCUT2D eigenvalue weighted by atomic mass is 32.2. The molecule has 2 aromatic rings. The van der Waals surface area contributed by atoms with Gasteiger partial charge in [-0.15, -0.1) is 11.3 Å².